The molecule has 1 aromatic heterocycles. The fraction of sp³-hybridized carbons (Fsp3) is 0.132. The largest absolute Gasteiger partial charge is 0 e. The molecule has 7 heteroatoms. The van der Waals surface area contributed by atoms with Crippen molar-refractivity contribution in [1.29, 1.82) is 5.26 Å². The van der Waals surface area contributed by atoms with Crippen molar-refractivity contribution in [2.75, 3.05) is 0 Å². The molecular formula is C38H32FGeIrN2O2-. The second kappa shape index (κ2) is 13.9. The molecule has 4 nitrogen and oxygen atoms in total. The van der Waals surface area contributed by atoms with Crippen molar-refractivity contribution in [2.45, 2.75) is 31.1 Å². The minimum atomic E-state index is -1.96. The van der Waals surface area contributed by atoms with Gasteiger partial charge in [0.2, 0.25) is 0 Å². The molecule has 1 N–H and O–H groups in total. The summed E-state index contributed by atoms with van der Waals surface area (Å²) in [6, 6.07) is 33.2. The van der Waals surface area contributed by atoms with Crippen LogP contribution in [-0.2, 0) is 24.9 Å². The van der Waals surface area contributed by atoms with Gasteiger partial charge in [-0.2, -0.15) is 5.26 Å². The number of fused-ring (bicyclic) bond motifs is 4. The Hall–Kier alpha value is -4.15. The maximum absolute atomic E-state index is 15.3. The Bertz CT molecular complexity index is 2120. The van der Waals surface area contributed by atoms with Gasteiger partial charge in [0.05, 0.1) is 11.8 Å². The molecule has 0 aliphatic heterocycles. The number of allylic oxidation sites excluding steroid dienone is 2. The Morgan fingerprint density at radius 3 is 2.16 bits per heavy atom. The van der Waals surface area contributed by atoms with Crippen LogP contribution in [-0.4, -0.2) is 29.1 Å². The van der Waals surface area contributed by atoms with Crippen molar-refractivity contribution < 1.29 is 34.4 Å². The van der Waals surface area contributed by atoms with Crippen LogP contribution < -0.4 is 4.40 Å². The maximum atomic E-state index is 15.3. The van der Waals surface area contributed by atoms with Crippen molar-refractivity contribution >= 4 is 55.8 Å². The second-order valence-electron chi connectivity index (χ2n) is 11.8. The molecule has 0 unspecified atom stereocenters. The number of halogens is 1. The van der Waals surface area contributed by atoms with E-state index in [-0.39, 0.29) is 37.5 Å². The molecule has 0 saturated carbocycles. The van der Waals surface area contributed by atoms with Gasteiger partial charge >= 0.3 is 167 Å². The normalized spacial score (nSPS) is 11.4. The summed E-state index contributed by atoms with van der Waals surface area (Å²) in [5.74, 6) is 6.79. The second-order valence-corrected chi connectivity index (χ2v) is 22.5. The van der Waals surface area contributed by atoms with E-state index < -0.39 is 13.3 Å². The Kier molecular flexibility index (Phi) is 10.4. The number of carbonyl (C=O) groups is 1. The molecule has 0 fully saturated rings. The number of nitrogens with zero attached hydrogens (tertiary/aromatic N) is 2. The average molecular weight is 833 g/mol. The standard InChI is InChI=1S/C33H24FGeN2.C5H8O2.Ir/c1-35(2,3)25-10-8-21(9-11-25)32-29-12-13-30-28(27(29)14-15-31(32)34)16-17-37-33(30)23-18-22-6-4-5-7-26(22)24(19-23)20-36;1-4(6)3-5(2)7;/h4-17,19H,1-3H3;3,6H,1-2H3;/q-1;;/b;4-3-;. The van der Waals surface area contributed by atoms with Crippen LogP contribution in [0.15, 0.2) is 103 Å². The molecular weight excluding hydrogens is 800 g/mol. The van der Waals surface area contributed by atoms with Gasteiger partial charge in [-0.3, -0.25) is 4.79 Å². The summed E-state index contributed by atoms with van der Waals surface area (Å²) in [7, 11) is 0. The monoisotopic (exact) mass is 834 g/mol. The van der Waals surface area contributed by atoms with Gasteiger partial charge in [-0.25, -0.2) is 0 Å². The van der Waals surface area contributed by atoms with E-state index in [1.54, 1.807) is 12.3 Å². The molecule has 5 aromatic carbocycles. The van der Waals surface area contributed by atoms with Crippen LogP contribution in [0, 0.1) is 23.2 Å². The number of pyridine rings is 1. The van der Waals surface area contributed by atoms with Crippen molar-refractivity contribution in [2.24, 2.45) is 0 Å². The van der Waals surface area contributed by atoms with Crippen LogP contribution >= 0.6 is 0 Å². The van der Waals surface area contributed by atoms with E-state index in [9.17, 15) is 10.1 Å². The summed E-state index contributed by atoms with van der Waals surface area (Å²) in [6.45, 7) is 2.85. The zero-order valence-electron chi connectivity index (χ0n) is 25.7. The van der Waals surface area contributed by atoms with Crippen molar-refractivity contribution in [3.8, 4) is 28.5 Å². The number of nitriles is 1. The predicted molar refractivity (Wildman–Crippen MR) is 181 cm³/mol. The summed E-state index contributed by atoms with van der Waals surface area (Å²) >= 11 is -1.96. The van der Waals surface area contributed by atoms with E-state index in [4.69, 9.17) is 5.11 Å². The van der Waals surface area contributed by atoms with Crippen LogP contribution in [0.3, 0.4) is 0 Å². The number of hydrogen-bond acceptors (Lipinski definition) is 4. The van der Waals surface area contributed by atoms with Gasteiger partial charge in [-0.05, 0) is 19.4 Å². The van der Waals surface area contributed by atoms with Crippen LogP contribution in [0.1, 0.15) is 19.4 Å². The minimum Gasteiger partial charge on any atom is 0 e. The Morgan fingerprint density at radius 2 is 1.53 bits per heavy atom. The fourth-order valence-corrected chi connectivity index (χ4v) is 7.88. The van der Waals surface area contributed by atoms with Gasteiger partial charge < -0.3 is 5.11 Å². The molecule has 227 valence electrons. The van der Waals surface area contributed by atoms with E-state index >= 15 is 4.39 Å². The number of hydrogen-bond donors (Lipinski definition) is 1. The van der Waals surface area contributed by atoms with Crippen molar-refractivity contribution in [3.63, 3.8) is 0 Å². The zero-order valence-corrected chi connectivity index (χ0v) is 30.2. The molecule has 6 aromatic rings. The zero-order chi connectivity index (χ0) is 31.6. The first kappa shape index (κ1) is 33.7. The average Bonchev–Trinajstić information content (AvgIpc) is 2.99. The third-order valence-electron chi connectivity index (χ3n) is 7.49. The van der Waals surface area contributed by atoms with E-state index in [0.717, 1.165) is 49.1 Å². The molecule has 45 heavy (non-hydrogen) atoms. The number of rotatable bonds is 4. The number of benzene rings is 5. The van der Waals surface area contributed by atoms with Gasteiger partial charge in [-0.15, -0.1) is 11.5 Å². The number of carbonyl (C=O) groups excluding carboxylic acids is 1. The summed E-state index contributed by atoms with van der Waals surface area (Å²) in [5.41, 5.74) is 3.62. The van der Waals surface area contributed by atoms with Gasteiger partial charge in [0, 0.05) is 26.2 Å². The van der Waals surface area contributed by atoms with Crippen LogP contribution in [0.4, 0.5) is 4.39 Å². The van der Waals surface area contributed by atoms with Gasteiger partial charge in [0.1, 0.15) is 0 Å². The number of aromatic nitrogens is 1. The summed E-state index contributed by atoms with van der Waals surface area (Å²) < 4.78 is 16.7. The molecule has 0 spiro atoms. The first-order valence-corrected chi connectivity index (χ1v) is 21.7. The number of aliphatic hydroxyl groups excluding tert-OH is 1. The molecule has 0 saturated heterocycles. The van der Waals surface area contributed by atoms with Crippen molar-refractivity contribution in [3.05, 3.63) is 120 Å². The van der Waals surface area contributed by atoms with E-state index in [1.807, 2.05) is 54.6 Å². The third kappa shape index (κ3) is 7.23. The maximum Gasteiger partial charge on any atom is 0 e. The van der Waals surface area contributed by atoms with Crippen LogP contribution in [0.25, 0.3) is 54.7 Å². The predicted octanol–water partition coefficient (Wildman–Crippen LogP) is 9.27. The molecule has 0 amide bonds. The Labute approximate surface area is 279 Å². The fourth-order valence-electron chi connectivity index (χ4n) is 5.43. The Balaban J connectivity index is 0.000000519. The van der Waals surface area contributed by atoms with Crippen LogP contribution in [0.5, 0.6) is 0 Å². The van der Waals surface area contributed by atoms with Crippen LogP contribution in [0.2, 0.25) is 17.3 Å². The number of aliphatic hydroxyl groups is 1. The van der Waals surface area contributed by atoms with Crippen molar-refractivity contribution in [1.82, 2.24) is 4.98 Å². The molecule has 0 aliphatic rings. The van der Waals surface area contributed by atoms with E-state index in [0.29, 0.717) is 11.1 Å². The first-order valence-electron chi connectivity index (χ1n) is 14.3. The smallest absolute Gasteiger partial charge is 0 e. The van der Waals surface area contributed by atoms with E-state index in [1.165, 1.54) is 24.3 Å². The number of ketones is 1. The summed E-state index contributed by atoms with van der Waals surface area (Å²) in [4.78, 5) is 14.7. The SMILES string of the molecule is CC(=O)/C=C(/C)O.[CH3][Ge]([CH3])([CH3])[c]1ccc(-c2c(F)ccc3c2ccc2c(-c4[c-]c5ccccc5c(C#N)c4)nccc23)cc1.[Ir]. The topological polar surface area (TPSA) is 74.0 Å². The first-order chi connectivity index (χ1) is 21.0. The molecule has 0 aliphatic carbocycles. The summed E-state index contributed by atoms with van der Waals surface area (Å²) in [6.07, 6.45) is 2.94. The molecule has 1 radical (unpaired) electrons. The van der Waals surface area contributed by atoms with E-state index in [2.05, 4.69) is 58.7 Å². The molecule has 0 bridgehead atoms. The molecule has 1 heterocycles. The van der Waals surface area contributed by atoms with Gasteiger partial charge in [-0.1, -0.05) is 23.6 Å². The Morgan fingerprint density at radius 1 is 0.889 bits per heavy atom. The van der Waals surface area contributed by atoms with Gasteiger partial charge in [0.25, 0.3) is 0 Å². The molecule has 6 rings (SSSR count). The molecule has 0 atom stereocenters. The minimum absolute atomic E-state index is 0. The quantitative estimate of drug-likeness (QED) is 0.0633. The summed E-state index contributed by atoms with van der Waals surface area (Å²) in [5, 5.41) is 23.7. The third-order valence-corrected chi connectivity index (χ3v) is 11.8. The van der Waals surface area contributed by atoms with Gasteiger partial charge in [0.15, 0.2) is 5.78 Å².